The second kappa shape index (κ2) is 9.51. The third kappa shape index (κ3) is 4.72. The summed E-state index contributed by atoms with van der Waals surface area (Å²) >= 11 is 0. The number of rotatable bonds is 11. The normalized spacial score (nSPS) is 30.9. The molecule has 2 aliphatic carbocycles. The van der Waals surface area contributed by atoms with Crippen LogP contribution in [0.1, 0.15) is 57.9 Å². The van der Waals surface area contributed by atoms with E-state index in [0.29, 0.717) is 6.61 Å². The lowest BCUT2D eigenvalue weighted by Gasteiger charge is -2.25. The standard InChI is InChI=1S/C25H34O5/c1-16(2)10-6-3-4-9-13-28-24(26)20-18-14-19(23-22(18)30-23)21(20)25(27)29-15-17-11-7-5-8-12-17/h5,7-8,11-12,16,18-23H,3-4,6,9-10,13-15H2,1-2H3. The average molecular weight is 415 g/mol. The highest BCUT2D eigenvalue weighted by Gasteiger charge is 2.71. The van der Waals surface area contributed by atoms with Gasteiger partial charge in [0.1, 0.15) is 6.61 Å². The number of ether oxygens (including phenoxy) is 3. The molecule has 5 heteroatoms. The summed E-state index contributed by atoms with van der Waals surface area (Å²) in [5, 5.41) is 0. The van der Waals surface area contributed by atoms with Crippen molar-refractivity contribution < 1.29 is 23.8 Å². The number of epoxide rings is 1. The number of esters is 2. The SMILES string of the molecule is CC(C)CCCCCCOC(=O)C1C2CC(C3OC23)C1C(=O)OCc1ccccc1. The van der Waals surface area contributed by atoms with E-state index >= 15 is 0 Å². The zero-order valence-corrected chi connectivity index (χ0v) is 18.1. The second-order valence-electron chi connectivity index (χ2n) is 9.54. The van der Waals surface area contributed by atoms with Gasteiger partial charge in [-0.05, 0) is 24.3 Å². The average Bonchev–Trinajstić information content (AvgIpc) is 3.35. The number of fused-ring (bicyclic) bond motifs is 5. The molecule has 6 atom stereocenters. The topological polar surface area (TPSA) is 65.1 Å². The first-order valence-electron chi connectivity index (χ1n) is 11.6. The van der Waals surface area contributed by atoms with Gasteiger partial charge in [-0.3, -0.25) is 9.59 Å². The fourth-order valence-corrected chi connectivity index (χ4v) is 5.39. The Bertz CT molecular complexity index is 730. The summed E-state index contributed by atoms with van der Waals surface area (Å²) in [5.41, 5.74) is 0.950. The zero-order chi connectivity index (χ0) is 21.1. The molecule has 30 heavy (non-hydrogen) atoms. The molecular formula is C25H34O5. The molecule has 3 fully saturated rings. The largest absolute Gasteiger partial charge is 0.465 e. The zero-order valence-electron chi connectivity index (χ0n) is 18.1. The third-order valence-electron chi connectivity index (χ3n) is 6.95. The van der Waals surface area contributed by atoms with E-state index in [2.05, 4.69) is 13.8 Å². The van der Waals surface area contributed by atoms with E-state index in [0.717, 1.165) is 30.7 Å². The lowest BCUT2D eigenvalue weighted by molar-refractivity contribution is -0.163. The molecule has 4 rings (SSSR count). The highest BCUT2D eigenvalue weighted by atomic mass is 16.6. The molecule has 1 aliphatic heterocycles. The van der Waals surface area contributed by atoms with Crippen LogP contribution in [0.15, 0.2) is 30.3 Å². The van der Waals surface area contributed by atoms with Gasteiger partial charge in [0, 0.05) is 11.8 Å². The Balaban J connectivity index is 1.26. The van der Waals surface area contributed by atoms with Crippen LogP contribution < -0.4 is 0 Å². The number of carbonyl (C=O) groups excluding carboxylic acids is 2. The lowest BCUT2D eigenvalue weighted by atomic mass is 9.79. The number of hydrogen-bond acceptors (Lipinski definition) is 5. The summed E-state index contributed by atoms with van der Waals surface area (Å²) in [7, 11) is 0. The Kier molecular flexibility index (Phi) is 6.77. The molecule has 0 aromatic heterocycles. The Morgan fingerprint density at radius 1 is 0.933 bits per heavy atom. The lowest BCUT2D eigenvalue weighted by Crippen LogP contribution is -2.39. The Morgan fingerprint density at radius 3 is 2.23 bits per heavy atom. The van der Waals surface area contributed by atoms with Crippen molar-refractivity contribution in [3.63, 3.8) is 0 Å². The predicted molar refractivity (Wildman–Crippen MR) is 112 cm³/mol. The predicted octanol–water partition coefficient (Wildman–Crippen LogP) is 4.53. The number of benzene rings is 1. The van der Waals surface area contributed by atoms with Gasteiger partial charge < -0.3 is 14.2 Å². The summed E-state index contributed by atoms with van der Waals surface area (Å²) < 4.78 is 16.9. The first-order valence-corrected chi connectivity index (χ1v) is 11.6. The quantitative estimate of drug-likeness (QED) is 0.302. The molecule has 6 unspecified atom stereocenters. The van der Waals surface area contributed by atoms with E-state index < -0.39 is 11.8 Å². The highest BCUT2D eigenvalue weighted by molar-refractivity contribution is 5.84. The molecule has 5 nitrogen and oxygen atoms in total. The molecule has 0 spiro atoms. The Hall–Kier alpha value is -1.88. The molecule has 0 radical (unpaired) electrons. The molecule has 164 valence electrons. The maximum atomic E-state index is 12.9. The number of unbranched alkanes of at least 4 members (excludes halogenated alkanes) is 3. The van der Waals surface area contributed by atoms with Gasteiger partial charge in [0.05, 0.1) is 30.7 Å². The Morgan fingerprint density at radius 2 is 1.57 bits per heavy atom. The Labute approximate surface area is 179 Å². The summed E-state index contributed by atoms with van der Waals surface area (Å²) in [5.74, 6) is -0.419. The summed E-state index contributed by atoms with van der Waals surface area (Å²) in [4.78, 5) is 25.8. The van der Waals surface area contributed by atoms with Gasteiger partial charge >= 0.3 is 11.9 Å². The van der Waals surface area contributed by atoms with E-state index in [1.54, 1.807) is 0 Å². The minimum absolute atomic E-state index is 0.0943. The molecule has 2 saturated carbocycles. The molecule has 1 aromatic carbocycles. The molecule has 1 saturated heterocycles. The van der Waals surface area contributed by atoms with Gasteiger partial charge in [0.25, 0.3) is 0 Å². The van der Waals surface area contributed by atoms with E-state index in [9.17, 15) is 9.59 Å². The summed E-state index contributed by atoms with van der Waals surface area (Å²) in [6, 6.07) is 9.64. The van der Waals surface area contributed by atoms with Crippen molar-refractivity contribution in [3.05, 3.63) is 35.9 Å². The van der Waals surface area contributed by atoms with Crippen molar-refractivity contribution in [3.8, 4) is 0 Å². The van der Waals surface area contributed by atoms with Gasteiger partial charge in [-0.1, -0.05) is 69.9 Å². The monoisotopic (exact) mass is 414 g/mol. The van der Waals surface area contributed by atoms with Crippen LogP contribution in [0.2, 0.25) is 0 Å². The summed E-state index contributed by atoms with van der Waals surface area (Å²) in [6.07, 6.45) is 6.76. The summed E-state index contributed by atoms with van der Waals surface area (Å²) in [6.45, 7) is 5.16. The maximum Gasteiger partial charge on any atom is 0.310 e. The molecule has 0 amide bonds. The molecule has 2 bridgehead atoms. The van der Waals surface area contributed by atoms with Crippen LogP contribution in [0.5, 0.6) is 0 Å². The highest BCUT2D eigenvalue weighted by Crippen LogP contribution is 2.62. The van der Waals surface area contributed by atoms with Crippen molar-refractivity contribution >= 4 is 11.9 Å². The molecule has 1 aromatic rings. The number of hydrogen-bond donors (Lipinski definition) is 0. The molecule has 1 heterocycles. The second-order valence-corrected chi connectivity index (χ2v) is 9.54. The van der Waals surface area contributed by atoms with Crippen LogP contribution in [-0.2, 0) is 30.4 Å². The van der Waals surface area contributed by atoms with Crippen LogP contribution in [0.4, 0.5) is 0 Å². The van der Waals surface area contributed by atoms with E-state index in [-0.39, 0.29) is 42.6 Å². The third-order valence-corrected chi connectivity index (χ3v) is 6.95. The first-order chi connectivity index (χ1) is 14.6. The van der Waals surface area contributed by atoms with Gasteiger partial charge in [0.15, 0.2) is 0 Å². The minimum Gasteiger partial charge on any atom is -0.465 e. The van der Waals surface area contributed by atoms with Crippen LogP contribution in [0.25, 0.3) is 0 Å². The molecule has 0 N–H and O–H groups in total. The van der Waals surface area contributed by atoms with Gasteiger partial charge in [0.2, 0.25) is 0 Å². The van der Waals surface area contributed by atoms with Gasteiger partial charge in [-0.15, -0.1) is 0 Å². The fraction of sp³-hybridized carbons (Fsp3) is 0.680. The van der Waals surface area contributed by atoms with Crippen LogP contribution in [-0.4, -0.2) is 30.8 Å². The van der Waals surface area contributed by atoms with E-state index in [1.165, 1.54) is 19.3 Å². The number of carbonyl (C=O) groups is 2. The molecular weight excluding hydrogens is 380 g/mol. The van der Waals surface area contributed by atoms with Crippen molar-refractivity contribution in [1.29, 1.82) is 0 Å². The van der Waals surface area contributed by atoms with Crippen LogP contribution in [0.3, 0.4) is 0 Å². The maximum absolute atomic E-state index is 12.9. The van der Waals surface area contributed by atoms with Crippen molar-refractivity contribution in [2.75, 3.05) is 6.61 Å². The van der Waals surface area contributed by atoms with Crippen molar-refractivity contribution in [2.24, 2.45) is 29.6 Å². The van der Waals surface area contributed by atoms with E-state index in [1.807, 2.05) is 30.3 Å². The first kappa shape index (κ1) is 21.4. The van der Waals surface area contributed by atoms with Gasteiger partial charge in [-0.25, -0.2) is 0 Å². The van der Waals surface area contributed by atoms with Crippen LogP contribution >= 0.6 is 0 Å². The van der Waals surface area contributed by atoms with Crippen LogP contribution in [0, 0.1) is 29.6 Å². The molecule has 3 aliphatic rings. The smallest absolute Gasteiger partial charge is 0.310 e. The fourth-order valence-electron chi connectivity index (χ4n) is 5.39. The van der Waals surface area contributed by atoms with Crippen molar-refractivity contribution in [2.45, 2.75) is 71.2 Å². The minimum atomic E-state index is -0.430. The van der Waals surface area contributed by atoms with Crippen molar-refractivity contribution in [1.82, 2.24) is 0 Å². The van der Waals surface area contributed by atoms with E-state index in [4.69, 9.17) is 14.2 Å². The van der Waals surface area contributed by atoms with Gasteiger partial charge in [-0.2, -0.15) is 0 Å².